The van der Waals surface area contributed by atoms with Crippen molar-refractivity contribution >= 4 is 23.2 Å². The highest BCUT2D eigenvalue weighted by Gasteiger charge is 1.95. The number of rotatable bonds is 1. The third kappa shape index (κ3) is 2.11. The summed E-state index contributed by atoms with van der Waals surface area (Å²) in [4.78, 5) is 3.90. The molecule has 5 N–H and O–H groups in total. The molecule has 0 fully saturated rings. The van der Waals surface area contributed by atoms with Crippen molar-refractivity contribution in [3.63, 3.8) is 0 Å². The Morgan fingerprint density at radius 1 is 1.42 bits per heavy atom. The molecule has 1 rings (SSSR count). The zero-order chi connectivity index (χ0) is 8.97. The summed E-state index contributed by atoms with van der Waals surface area (Å²) in [5.74, 6) is 5.15. The van der Waals surface area contributed by atoms with Crippen LogP contribution in [-0.2, 0) is 0 Å². The third-order valence-corrected chi connectivity index (χ3v) is 1.56. The van der Waals surface area contributed by atoms with Crippen molar-refractivity contribution < 1.29 is 0 Å². The van der Waals surface area contributed by atoms with Crippen LogP contribution >= 0.6 is 11.6 Å². The lowest BCUT2D eigenvalue weighted by molar-refractivity contribution is 1.01. The second kappa shape index (κ2) is 3.94. The zero-order valence-electron chi connectivity index (χ0n) is 6.29. The molecule has 1 aromatic rings. The van der Waals surface area contributed by atoms with E-state index in [0.29, 0.717) is 10.7 Å². The summed E-state index contributed by atoms with van der Waals surface area (Å²) in [7, 11) is 0. The van der Waals surface area contributed by atoms with Gasteiger partial charge in [0.2, 0.25) is 5.96 Å². The van der Waals surface area contributed by atoms with Crippen LogP contribution in [0.25, 0.3) is 0 Å². The molecule has 0 aromatic heterocycles. The van der Waals surface area contributed by atoms with Crippen LogP contribution in [0, 0.1) is 0 Å². The van der Waals surface area contributed by atoms with E-state index < -0.39 is 0 Å². The van der Waals surface area contributed by atoms with Gasteiger partial charge < -0.3 is 5.73 Å². The smallest absolute Gasteiger partial charge is 0.208 e. The van der Waals surface area contributed by atoms with E-state index >= 15 is 0 Å². The molecule has 0 radical (unpaired) electrons. The summed E-state index contributed by atoms with van der Waals surface area (Å²) in [6, 6.07) is 7.10. The van der Waals surface area contributed by atoms with Crippen molar-refractivity contribution in [1.29, 1.82) is 0 Å². The maximum Gasteiger partial charge on any atom is 0.208 e. The Kier molecular flexibility index (Phi) is 2.90. The van der Waals surface area contributed by atoms with Gasteiger partial charge in [0.1, 0.15) is 0 Å². The molecule has 0 aliphatic heterocycles. The number of nitrogens with zero attached hydrogens (tertiary/aromatic N) is 1. The van der Waals surface area contributed by atoms with Crippen LogP contribution in [0.5, 0.6) is 0 Å². The molecule has 0 spiro atoms. The van der Waals surface area contributed by atoms with Crippen molar-refractivity contribution in [1.82, 2.24) is 5.43 Å². The molecule has 64 valence electrons. The van der Waals surface area contributed by atoms with E-state index in [2.05, 4.69) is 10.4 Å². The first-order valence-electron chi connectivity index (χ1n) is 3.29. The predicted molar refractivity (Wildman–Crippen MR) is 50.1 cm³/mol. The predicted octanol–water partition coefficient (Wildman–Crippen LogP) is 0.750. The molecule has 5 heteroatoms. The monoisotopic (exact) mass is 184 g/mol. The van der Waals surface area contributed by atoms with Gasteiger partial charge in [0, 0.05) is 0 Å². The summed E-state index contributed by atoms with van der Waals surface area (Å²) in [5.41, 5.74) is 8.13. The van der Waals surface area contributed by atoms with Crippen LogP contribution in [0.15, 0.2) is 29.3 Å². The molecule has 1 aromatic carbocycles. The molecule has 0 bridgehead atoms. The largest absolute Gasteiger partial charge is 0.369 e. The van der Waals surface area contributed by atoms with Crippen LogP contribution in [-0.4, -0.2) is 5.96 Å². The fourth-order valence-electron chi connectivity index (χ4n) is 0.704. The third-order valence-electron chi connectivity index (χ3n) is 1.24. The highest BCUT2D eigenvalue weighted by molar-refractivity contribution is 6.33. The fourth-order valence-corrected chi connectivity index (χ4v) is 0.882. The molecule has 0 atom stereocenters. The summed E-state index contributed by atoms with van der Waals surface area (Å²) >= 11 is 5.79. The van der Waals surface area contributed by atoms with E-state index in [9.17, 15) is 0 Å². The maximum atomic E-state index is 5.79. The maximum absolute atomic E-state index is 5.79. The Balaban J connectivity index is 2.96. The summed E-state index contributed by atoms with van der Waals surface area (Å²) in [5, 5.41) is 0.538. The number of benzene rings is 1. The highest BCUT2D eigenvalue weighted by Crippen LogP contribution is 2.22. The SMILES string of the molecule is NNC(N)=Nc1ccccc1Cl. The lowest BCUT2D eigenvalue weighted by Gasteiger charge is -1.99. The van der Waals surface area contributed by atoms with Gasteiger partial charge in [0.15, 0.2) is 0 Å². The van der Waals surface area contributed by atoms with E-state index in [1.165, 1.54) is 0 Å². The zero-order valence-corrected chi connectivity index (χ0v) is 7.05. The number of aliphatic imine (C=N–C) groups is 1. The van der Waals surface area contributed by atoms with Crippen LogP contribution in [0.3, 0.4) is 0 Å². The van der Waals surface area contributed by atoms with Gasteiger partial charge in [-0.3, -0.25) is 5.43 Å². The average molecular weight is 185 g/mol. The van der Waals surface area contributed by atoms with Crippen LogP contribution < -0.4 is 17.0 Å². The first kappa shape index (κ1) is 8.83. The van der Waals surface area contributed by atoms with Gasteiger partial charge in [-0.1, -0.05) is 23.7 Å². The summed E-state index contributed by atoms with van der Waals surface area (Å²) < 4.78 is 0. The summed E-state index contributed by atoms with van der Waals surface area (Å²) in [6.45, 7) is 0. The molecular formula is C7H9ClN4. The Labute approximate surface area is 75.2 Å². The molecule has 0 unspecified atom stereocenters. The van der Waals surface area contributed by atoms with Gasteiger partial charge in [0.05, 0.1) is 10.7 Å². The van der Waals surface area contributed by atoms with Crippen molar-refractivity contribution in [2.45, 2.75) is 0 Å². The Morgan fingerprint density at radius 3 is 2.67 bits per heavy atom. The van der Waals surface area contributed by atoms with Gasteiger partial charge in [0.25, 0.3) is 0 Å². The van der Waals surface area contributed by atoms with E-state index in [0.717, 1.165) is 0 Å². The highest BCUT2D eigenvalue weighted by atomic mass is 35.5. The molecule has 0 aliphatic carbocycles. The van der Waals surface area contributed by atoms with E-state index in [1.54, 1.807) is 12.1 Å². The second-order valence-corrected chi connectivity index (χ2v) is 2.50. The number of nitrogens with two attached hydrogens (primary N) is 2. The topological polar surface area (TPSA) is 76.4 Å². The minimum Gasteiger partial charge on any atom is -0.369 e. The molecular weight excluding hydrogens is 176 g/mol. The first-order chi connectivity index (χ1) is 5.74. The van der Waals surface area contributed by atoms with E-state index in [1.807, 2.05) is 12.1 Å². The molecule has 0 aliphatic rings. The Morgan fingerprint density at radius 2 is 2.08 bits per heavy atom. The molecule has 0 amide bonds. The van der Waals surface area contributed by atoms with Gasteiger partial charge in [-0.05, 0) is 12.1 Å². The van der Waals surface area contributed by atoms with Crippen molar-refractivity contribution in [2.75, 3.05) is 0 Å². The number of guanidine groups is 1. The van der Waals surface area contributed by atoms with E-state index in [4.69, 9.17) is 23.2 Å². The van der Waals surface area contributed by atoms with Crippen LogP contribution in [0.4, 0.5) is 5.69 Å². The van der Waals surface area contributed by atoms with Gasteiger partial charge in [-0.15, -0.1) is 0 Å². The van der Waals surface area contributed by atoms with Crippen molar-refractivity contribution in [2.24, 2.45) is 16.6 Å². The standard InChI is InChI=1S/C7H9ClN4/c8-5-3-1-2-4-6(5)11-7(9)12-10/h1-4H,10H2,(H3,9,11,12). The number of para-hydroxylation sites is 1. The average Bonchev–Trinajstić information content (AvgIpc) is 2.09. The fraction of sp³-hybridized carbons (Fsp3) is 0. The Bertz CT molecular complexity index is 297. The van der Waals surface area contributed by atoms with Gasteiger partial charge in [-0.25, -0.2) is 10.8 Å². The van der Waals surface area contributed by atoms with Gasteiger partial charge in [-0.2, -0.15) is 0 Å². The minimum absolute atomic E-state index is 0.128. The number of halogens is 1. The molecule has 12 heavy (non-hydrogen) atoms. The second-order valence-electron chi connectivity index (χ2n) is 2.09. The number of hydrogen-bond acceptors (Lipinski definition) is 2. The Hall–Kier alpha value is -1.26. The quantitative estimate of drug-likeness (QED) is 0.261. The molecule has 4 nitrogen and oxygen atoms in total. The lowest BCUT2D eigenvalue weighted by atomic mass is 10.3. The molecule has 0 saturated heterocycles. The van der Waals surface area contributed by atoms with E-state index in [-0.39, 0.29) is 5.96 Å². The minimum atomic E-state index is 0.128. The summed E-state index contributed by atoms with van der Waals surface area (Å²) in [6.07, 6.45) is 0. The molecule has 0 heterocycles. The van der Waals surface area contributed by atoms with Crippen LogP contribution in [0.1, 0.15) is 0 Å². The first-order valence-corrected chi connectivity index (χ1v) is 3.67. The van der Waals surface area contributed by atoms with Crippen molar-refractivity contribution in [3.8, 4) is 0 Å². The normalized spacial score (nSPS) is 11.3. The van der Waals surface area contributed by atoms with Crippen molar-refractivity contribution in [3.05, 3.63) is 29.3 Å². The lowest BCUT2D eigenvalue weighted by Crippen LogP contribution is -2.36. The number of hydrogen-bond donors (Lipinski definition) is 3. The number of hydrazine groups is 1. The number of nitrogens with one attached hydrogen (secondary N) is 1. The van der Waals surface area contributed by atoms with Crippen LogP contribution in [0.2, 0.25) is 5.02 Å². The molecule has 0 saturated carbocycles. The van der Waals surface area contributed by atoms with Gasteiger partial charge >= 0.3 is 0 Å².